The minimum absolute atomic E-state index is 0.167. The Labute approximate surface area is 151 Å². The minimum Gasteiger partial charge on any atom is -0.490 e. The number of ether oxygens (including phenoxy) is 1. The van der Waals surface area contributed by atoms with E-state index in [1.165, 1.54) is 31.2 Å². The highest BCUT2D eigenvalue weighted by molar-refractivity contribution is 5.76. The number of hydrogen-bond donors (Lipinski definition) is 1. The van der Waals surface area contributed by atoms with Crippen molar-refractivity contribution in [2.75, 3.05) is 13.1 Å². The highest BCUT2D eigenvalue weighted by Crippen LogP contribution is 2.25. The number of piperidine rings is 1. The van der Waals surface area contributed by atoms with Crippen molar-refractivity contribution in [3.05, 3.63) is 29.8 Å². The number of aryl methyl sites for hydroxylation is 1. The van der Waals surface area contributed by atoms with Gasteiger partial charge in [0.1, 0.15) is 5.75 Å². The smallest absolute Gasteiger partial charge is 0.222 e. The first-order valence-corrected chi connectivity index (χ1v) is 9.91. The average molecular weight is 344 g/mol. The number of nitrogens with zero attached hydrogens (tertiary/aromatic N) is 1. The van der Waals surface area contributed by atoms with E-state index in [1.54, 1.807) is 0 Å². The molecule has 4 nitrogen and oxygen atoms in total. The zero-order valence-electron chi connectivity index (χ0n) is 15.5. The zero-order chi connectivity index (χ0) is 17.6. The van der Waals surface area contributed by atoms with E-state index in [9.17, 15) is 4.79 Å². The Morgan fingerprint density at radius 3 is 2.84 bits per heavy atom. The molecule has 1 aromatic rings. The third kappa shape index (κ3) is 5.21. The largest absolute Gasteiger partial charge is 0.490 e. The topological polar surface area (TPSA) is 55.6 Å². The van der Waals surface area contributed by atoms with E-state index < -0.39 is 0 Å². The molecule has 1 saturated carbocycles. The zero-order valence-corrected chi connectivity index (χ0v) is 15.5. The van der Waals surface area contributed by atoms with Gasteiger partial charge >= 0.3 is 0 Å². The maximum atomic E-state index is 12.6. The van der Waals surface area contributed by atoms with Gasteiger partial charge in [-0.15, -0.1) is 0 Å². The van der Waals surface area contributed by atoms with E-state index in [1.807, 2.05) is 17.0 Å². The number of benzene rings is 1. The normalized spacial score (nSPS) is 22.8. The van der Waals surface area contributed by atoms with Gasteiger partial charge in [-0.2, -0.15) is 0 Å². The summed E-state index contributed by atoms with van der Waals surface area (Å²) in [6, 6.07) is 8.43. The molecule has 2 N–H and O–H groups in total. The van der Waals surface area contributed by atoms with Gasteiger partial charge in [-0.3, -0.25) is 4.79 Å². The summed E-state index contributed by atoms with van der Waals surface area (Å²) in [5.74, 6) is 1.65. The van der Waals surface area contributed by atoms with Crippen molar-refractivity contribution in [3.8, 4) is 5.75 Å². The van der Waals surface area contributed by atoms with Crippen LogP contribution in [0, 0.1) is 5.92 Å². The predicted molar refractivity (Wildman–Crippen MR) is 101 cm³/mol. The molecular formula is C21H32N2O2. The maximum Gasteiger partial charge on any atom is 0.222 e. The van der Waals surface area contributed by atoms with Gasteiger partial charge in [0.2, 0.25) is 5.91 Å². The minimum atomic E-state index is 0.167. The molecule has 138 valence electrons. The van der Waals surface area contributed by atoms with Crippen molar-refractivity contribution >= 4 is 5.91 Å². The molecule has 25 heavy (non-hydrogen) atoms. The fourth-order valence-electron chi connectivity index (χ4n) is 4.05. The van der Waals surface area contributed by atoms with Crippen molar-refractivity contribution in [1.29, 1.82) is 0 Å². The second-order valence-electron chi connectivity index (χ2n) is 7.77. The van der Waals surface area contributed by atoms with Crippen LogP contribution in [0.25, 0.3) is 0 Å². The molecule has 0 bridgehead atoms. The monoisotopic (exact) mass is 344 g/mol. The lowest BCUT2D eigenvalue weighted by Gasteiger charge is -2.34. The number of amides is 1. The Bertz CT molecular complexity index is 567. The van der Waals surface area contributed by atoms with Crippen LogP contribution in [0.3, 0.4) is 0 Å². The highest BCUT2D eigenvalue weighted by Gasteiger charge is 2.25. The Hall–Kier alpha value is -1.55. The molecule has 2 aliphatic rings. The summed E-state index contributed by atoms with van der Waals surface area (Å²) in [4.78, 5) is 14.6. The molecule has 1 heterocycles. The van der Waals surface area contributed by atoms with Crippen molar-refractivity contribution < 1.29 is 9.53 Å². The van der Waals surface area contributed by atoms with E-state index in [4.69, 9.17) is 10.5 Å². The first-order valence-electron chi connectivity index (χ1n) is 9.91. The number of hydrogen-bond acceptors (Lipinski definition) is 3. The van der Waals surface area contributed by atoms with E-state index in [0.717, 1.165) is 38.1 Å². The summed E-state index contributed by atoms with van der Waals surface area (Å²) in [6.07, 6.45) is 8.81. The molecular weight excluding hydrogens is 312 g/mol. The average Bonchev–Trinajstić information content (AvgIpc) is 3.13. The summed E-state index contributed by atoms with van der Waals surface area (Å²) < 4.78 is 6.07. The van der Waals surface area contributed by atoms with Crippen LogP contribution >= 0.6 is 0 Å². The first-order chi connectivity index (χ1) is 12.1. The lowest BCUT2D eigenvalue weighted by atomic mass is 9.92. The third-order valence-electron chi connectivity index (χ3n) is 5.69. The molecule has 1 aliphatic heterocycles. The van der Waals surface area contributed by atoms with Crippen LogP contribution in [0.5, 0.6) is 5.75 Å². The Balaban J connectivity index is 1.49. The molecule has 0 spiro atoms. The Morgan fingerprint density at radius 1 is 1.28 bits per heavy atom. The fourth-order valence-corrected chi connectivity index (χ4v) is 4.05. The number of rotatable bonds is 6. The Morgan fingerprint density at radius 2 is 2.08 bits per heavy atom. The molecule has 4 heteroatoms. The van der Waals surface area contributed by atoms with Gasteiger partial charge in [-0.1, -0.05) is 12.1 Å². The fraction of sp³-hybridized carbons (Fsp3) is 0.667. The van der Waals surface area contributed by atoms with Gasteiger partial charge < -0.3 is 15.4 Å². The molecule has 3 rings (SSSR count). The van der Waals surface area contributed by atoms with Crippen LogP contribution in [0.1, 0.15) is 57.4 Å². The summed E-state index contributed by atoms with van der Waals surface area (Å²) in [5.41, 5.74) is 7.21. The Kier molecular flexibility index (Phi) is 6.35. The number of nitrogens with two attached hydrogens (primary N) is 1. The van der Waals surface area contributed by atoms with Crippen molar-refractivity contribution in [2.45, 2.75) is 70.4 Å². The molecule has 0 aromatic heterocycles. The molecule has 1 aromatic carbocycles. The summed E-state index contributed by atoms with van der Waals surface area (Å²) in [7, 11) is 0. The molecule has 2 unspecified atom stereocenters. The van der Waals surface area contributed by atoms with Crippen LogP contribution in [-0.2, 0) is 11.2 Å². The lowest BCUT2D eigenvalue weighted by Crippen LogP contribution is -2.45. The second kappa shape index (κ2) is 8.70. The SMILES string of the molecule is CC(N)C1CCCN(C(=O)CCc2cccc(OC3CCCC3)c2)C1. The number of carbonyl (C=O) groups is 1. The van der Waals surface area contributed by atoms with Crippen molar-refractivity contribution in [1.82, 2.24) is 4.90 Å². The van der Waals surface area contributed by atoms with Crippen molar-refractivity contribution in [3.63, 3.8) is 0 Å². The molecule has 1 amide bonds. The van der Waals surface area contributed by atoms with Crippen LogP contribution in [0.2, 0.25) is 0 Å². The second-order valence-corrected chi connectivity index (χ2v) is 7.77. The van der Waals surface area contributed by atoms with Crippen LogP contribution in [-0.4, -0.2) is 36.0 Å². The van der Waals surface area contributed by atoms with E-state index in [0.29, 0.717) is 18.4 Å². The summed E-state index contributed by atoms with van der Waals surface area (Å²) in [5, 5.41) is 0. The first kappa shape index (κ1) is 18.2. The van der Waals surface area contributed by atoms with Gasteiger partial charge in [0.05, 0.1) is 6.10 Å². The van der Waals surface area contributed by atoms with Gasteiger partial charge in [-0.25, -0.2) is 0 Å². The van der Waals surface area contributed by atoms with Crippen LogP contribution < -0.4 is 10.5 Å². The van der Waals surface area contributed by atoms with E-state index in [2.05, 4.69) is 19.1 Å². The van der Waals surface area contributed by atoms with Crippen molar-refractivity contribution in [2.24, 2.45) is 11.7 Å². The van der Waals surface area contributed by atoms with E-state index >= 15 is 0 Å². The standard InChI is InChI=1S/C21H32N2O2/c1-16(22)18-7-5-13-23(15-18)21(24)12-11-17-6-4-10-20(14-17)25-19-8-2-3-9-19/h4,6,10,14,16,18-19H,2-3,5,7-9,11-13,15,22H2,1H3. The van der Waals surface area contributed by atoms with Gasteiger partial charge in [0.25, 0.3) is 0 Å². The predicted octanol–water partition coefficient (Wildman–Crippen LogP) is 3.53. The van der Waals surface area contributed by atoms with Crippen LogP contribution in [0.15, 0.2) is 24.3 Å². The maximum absolute atomic E-state index is 12.6. The number of carbonyl (C=O) groups excluding carboxylic acids is 1. The van der Waals surface area contributed by atoms with Gasteiger partial charge in [-0.05, 0) is 75.5 Å². The summed E-state index contributed by atoms with van der Waals surface area (Å²) in [6.45, 7) is 3.75. The van der Waals surface area contributed by atoms with E-state index in [-0.39, 0.29) is 11.9 Å². The summed E-state index contributed by atoms with van der Waals surface area (Å²) >= 11 is 0. The highest BCUT2D eigenvalue weighted by atomic mass is 16.5. The van der Waals surface area contributed by atoms with Crippen LogP contribution in [0.4, 0.5) is 0 Å². The quantitative estimate of drug-likeness (QED) is 0.859. The van der Waals surface area contributed by atoms with Gasteiger partial charge in [0, 0.05) is 25.6 Å². The molecule has 0 radical (unpaired) electrons. The number of likely N-dealkylation sites (tertiary alicyclic amines) is 1. The third-order valence-corrected chi connectivity index (χ3v) is 5.69. The molecule has 2 fully saturated rings. The molecule has 1 saturated heterocycles. The molecule has 1 aliphatic carbocycles. The lowest BCUT2D eigenvalue weighted by molar-refractivity contribution is -0.133. The molecule has 2 atom stereocenters. The van der Waals surface area contributed by atoms with Gasteiger partial charge in [0.15, 0.2) is 0 Å².